The molecule has 3 rings (SSSR count). The van der Waals surface area contributed by atoms with Crippen LogP contribution in [0.4, 0.5) is 0 Å². The van der Waals surface area contributed by atoms with E-state index in [0.717, 1.165) is 30.7 Å². The molecular formula is C19H20N2. The van der Waals surface area contributed by atoms with Gasteiger partial charge < -0.3 is 5.32 Å². The summed E-state index contributed by atoms with van der Waals surface area (Å²) in [5.41, 5.74) is 4.86. The molecule has 0 atom stereocenters. The number of hydrogen-bond acceptors (Lipinski definition) is 2. The molecule has 0 saturated carbocycles. The lowest BCUT2D eigenvalue weighted by Gasteiger charge is -2.09. The van der Waals surface area contributed by atoms with Crippen molar-refractivity contribution in [3.8, 4) is 0 Å². The number of aromatic nitrogens is 1. The van der Waals surface area contributed by atoms with E-state index >= 15 is 0 Å². The number of hydrogen-bond donors (Lipinski definition) is 1. The highest BCUT2D eigenvalue weighted by Crippen LogP contribution is 2.17. The Balaban J connectivity index is 1.65. The minimum Gasteiger partial charge on any atom is -0.312 e. The van der Waals surface area contributed by atoms with Crippen LogP contribution in [-0.2, 0) is 13.0 Å². The summed E-state index contributed by atoms with van der Waals surface area (Å²) in [5, 5.41) is 4.79. The Bertz CT molecular complexity index is 720. The van der Waals surface area contributed by atoms with Gasteiger partial charge in [0.2, 0.25) is 0 Å². The van der Waals surface area contributed by atoms with Crippen LogP contribution in [0.2, 0.25) is 0 Å². The summed E-state index contributed by atoms with van der Waals surface area (Å²) in [7, 11) is 0. The van der Waals surface area contributed by atoms with Crippen molar-refractivity contribution in [3.05, 3.63) is 77.5 Å². The van der Waals surface area contributed by atoms with Gasteiger partial charge >= 0.3 is 0 Å². The van der Waals surface area contributed by atoms with Crippen LogP contribution in [0.5, 0.6) is 0 Å². The summed E-state index contributed by atoms with van der Waals surface area (Å²) in [4.78, 5) is 4.58. The van der Waals surface area contributed by atoms with Gasteiger partial charge in [0.25, 0.3) is 0 Å². The first-order chi connectivity index (χ1) is 10.3. The van der Waals surface area contributed by atoms with E-state index in [-0.39, 0.29) is 0 Å². The monoisotopic (exact) mass is 276 g/mol. The van der Waals surface area contributed by atoms with Crippen molar-refractivity contribution in [3.63, 3.8) is 0 Å². The van der Waals surface area contributed by atoms with Crippen LogP contribution >= 0.6 is 0 Å². The summed E-state index contributed by atoms with van der Waals surface area (Å²) in [6, 6.07) is 21.1. The molecule has 0 saturated heterocycles. The normalized spacial score (nSPS) is 10.9. The van der Waals surface area contributed by atoms with Crippen molar-refractivity contribution in [1.29, 1.82) is 0 Å². The summed E-state index contributed by atoms with van der Waals surface area (Å²) >= 11 is 0. The van der Waals surface area contributed by atoms with Gasteiger partial charge in [-0.15, -0.1) is 0 Å². The van der Waals surface area contributed by atoms with Crippen LogP contribution in [0.3, 0.4) is 0 Å². The SMILES string of the molecule is Cc1cc(CNCCc2ccccc2)c2ccccc2n1. The Kier molecular flexibility index (Phi) is 4.27. The molecule has 21 heavy (non-hydrogen) atoms. The van der Waals surface area contributed by atoms with Gasteiger partial charge in [-0.2, -0.15) is 0 Å². The highest BCUT2D eigenvalue weighted by molar-refractivity contribution is 5.82. The Hall–Kier alpha value is -2.19. The fourth-order valence-corrected chi connectivity index (χ4v) is 2.64. The molecule has 2 nitrogen and oxygen atoms in total. The molecule has 0 unspecified atom stereocenters. The van der Waals surface area contributed by atoms with Gasteiger partial charge in [-0.25, -0.2) is 0 Å². The molecule has 1 aromatic heterocycles. The van der Waals surface area contributed by atoms with Crippen LogP contribution in [0.15, 0.2) is 60.7 Å². The molecule has 2 heteroatoms. The van der Waals surface area contributed by atoms with Crippen LogP contribution < -0.4 is 5.32 Å². The fourth-order valence-electron chi connectivity index (χ4n) is 2.64. The molecular weight excluding hydrogens is 256 g/mol. The van der Waals surface area contributed by atoms with E-state index in [0.29, 0.717) is 0 Å². The van der Waals surface area contributed by atoms with Crippen LogP contribution in [0.1, 0.15) is 16.8 Å². The number of nitrogens with one attached hydrogen (secondary N) is 1. The van der Waals surface area contributed by atoms with Gasteiger partial charge in [-0.3, -0.25) is 4.98 Å². The molecule has 3 aromatic rings. The zero-order valence-electron chi connectivity index (χ0n) is 12.3. The topological polar surface area (TPSA) is 24.9 Å². The number of aryl methyl sites for hydroxylation is 1. The van der Waals surface area contributed by atoms with Gasteiger partial charge in [0.15, 0.2) is 0 Å². The Morgan fingerprint density at radius 2 is 1.71 bits per heavy atom. The zero-order chi connectivity index (χ0) is 14.5. The van der Waals surface area contributed by atoms with Gasteiger partial charge in [-0.05, 0) is 43.1 Å². The van der Waals surface area contributed by atoms with Crippen molar-refractivity contribution in [2.75, 3.05) is 6.54 Å². The molecule has 0 radical (unpaired) electrons. The van der Waals surface area contributed by atoms with Crippen LogP contribution in [-0.4, -0.2) is 11.5 Å². The standard InChI is InChI=1S/C19H20N2/c1-15-13-17(18-9-5-6-10-19(18)21-15)14-20-12-11-16-7-3-2-4-8-16/h2-10,13,20H,11-12,14H2,1H3. The van der Waals surface area contributed by atoms with E-state index in [4.69, 9.17) is 0 Å². The van der Waals surface area contributed by atoms with Gasteiger partial charge in [-0.1, -0.05) is 48.5 Å². The summed E-state index contributed by atoms with van der Waals surface area (Å²) < 4.78 is 0. The third kappa shape index (κ3) is 3.47. The van der Waals surface area contributed by atoms with Gasteiger partial charge in [0, 0.05) is 17.6 Å². The smallest absolute Gasteiger partial charge is 0.0708 e. The Labute approximate surface area is 125 Å². The average molecular weight is 276 g/mol. The van der Waals surface area contributed by atoms with Crippen molar-refractivity contribution >= 4 is 10.9 Å². The molecule has 1 N–H and O–H groups in total. The van der Waals surface area contributed by atoms with Crippen LogP contribution in [0.25, 0.3) is 10.9 Å². The fraction of sp³-hybridized carbons (Fsp3) is 0.211. The summed E-state index contributed by atoms with van der Waals surface area (Å²) in [6.07, 6.45) is 1.06. The lowest BCUT2D eigenvalue weighted by molar-refractivity contribution is 0.689. The molecule has 0 aliphatic heterocycles. The zero-order valence-corrected chi connectivity index (χ0v) is 12.3. The van der Waals surface area contributed by atoms with Crippen LogP contribution in [0, 0.1) is 6.92 Å². The lowest BCUT2D eigenvalue weighted by Crippen LogP contribution is -2.17. The lowest BCUT2D eigenvalue weighted by atomic mass is 10.1. The molecule has 0 spiro atoms. The second kappa shape index (κ2) is 6.51. The second-order valence-electron chi connectivity index (χ2n) is 5.35. The van der Waals surface area contributed by atoms with Gasteiger partial charge in [0.05, 0.1) is 5.52 Å². The predicted molar refractivity (Wildman–Crippen MR) is 88.3 cm³/mol. The van der Waals surface area contributed by atoms with E-state index in [1.807, 2.05) is 6.07 Å². The van der Waals surface area contributed by atoms with E-state index < -0.39 is 0 Å². The molecule has 0 fully saturated rings. The minimum absolute atomic E-state index is 0.886. The highest BCUT2D eigenvalue weighted by atomic mass is 14.8. The quantitative estimate of drug-likeness (QED) is 0.715. The van der Waals surface area contributed by atoms with E-state index in [1.54, 1.807) is 0 Å². The molecule has 2 aromatic carbocycles. The van der Waals surface area contributed by atoms with E-state index in [2.05, 4.69) is 71.8 Å². The van der Waals surface area contributed by atoms with Crippen molar-refractivity contribution in [2.45, 2.75) is 19.9 Å². The number of nitrogens with zero attached hydrogens (tertiary/aromatic N) is 1. The first-order valence-electron chi connectivity index (χ1n) is 7.43. The largest absolute Gasteiger partial charge is 0.312 e. The number of fused-ring (bicyclic) bond motifs is 1. The second-order valence-corrected chi connectivity index (χ2v) is 5.35. The molecule has 0 amide bonds. The Morgan fingerprint density at radius 1 is 0.952 bits per heavy atom. The summed E-state index contributed by atoms with van der Waals surface area (Å²) in [5.74, 6) is 0. The minimum atomic E-state index is 0.886. The third-order valence-electron chi connectivity index (χ3n) is 3.68. The highest BCUT2D eigenvalue weighted by Gasteiger charge is 2.03. The molecule has 0 aliphatic carbocycles. The number of benzene rings is 2. The maximum absolute atomic E-state index is 4.58. The first kappa shape index (κ1) is 13.8. The first-order valence-corrected chi connectivity index (χ1v) is 7.43. The summed E-state index contributed by atoms with van der Waals surface area (Å²) in [6.45, 7) is 3.93. The predicted octanol–water partition coefficient (Wildman–Crippen LogP) is 3.88. The number of pyridine rings is 1. The Morgan fingerprint density at radius 3 is 2.57 bits per heavy atom. The van der Waals surface area contributed by atoms with Crippen molar-refractivity contribution in [1.82, 2.24) is 10.3 Å². The van der Waals surface area contributed by atoms with E-state index in [9.17, 15) is 0 Å². The number of para-hydroxylation sites is 1. The van der Waals surface area contributed by atoms with Crippen molar-refractivity contribution in [2.24, 2.45) is 0 Å². The van der Waals surface area contributed by atoms with E-state index in [1.165, 1.54) is 16.5 Å². The van der Waals surface area contributed by atoms with Crippen molar-refractivity contribution < 1.29 is 0 Å². The average Bonchev–Trinajstić information content (AvgIpc) is 2.52. The maximum Gasteiger partial charge on any atom is 0.0708 e. The maximum atomic E-state index is 4.58. The molecule has 106 valence electrons. The molecule has 0 bridgehead atoms. The molecule has 1 heterocycles. The van der Waals surface area contributed by atoms with Gasteiger partial charge in [0.1, 0.15) is 0 Å². The molecule has 0 aliphatic rings. The number of rotatable bonds is 5. The third-order valence-corrected chi connectivity index (χ3v) is 3.68.